The lowest BCUT2D eigenvalue weighted by atomic mass is 9.93. The summed E-state index contributed by atoms with van der Waals surface area (Å²) in [5.41, 5.74) is -0.922. The van der Waals surface area contributed by atoms with Gasteiger partial charge in [-0.25, -0.2) is 13.2 Å². The topological polar surface area (TPSA) is 75.7 Å². The minimum Gasteiger partial charge on any atom is -0.444 e. The van der Waals surface area contributed by atoms with E-state index in [4.69, 9.17) is 4.74 Å². The van der Waals surface area contributed by atoms with E-state index in [9.17, 15) is 13.2 Å². The lowest BCUT2D eigenvalue weighted by Gasteiger charge is -2.33. The number of alkyl carbamates (subject to hydrolysis) is 1. The first-order chi connectivity index (χ1) is 11.9. The van der Waals surface area contributed by atoms with Crippen molar-refractivity contribution >= 4 is 16.1 Å². The smallest absolute Gasteiger partial charge is 0.407 e. The summed E-state index contributed by atoms with van der Waals surface area (Å²) >= 11 is 0. The van der Waals surface area contributed by atoms with E-state index in [0.29, 0.717) is 17.9 Å². The van der Waals surface area contributed by atoms with Gasteiger partial charge in [-0.2, -0.15) is 4.31 Å². The Bertz CT molecular complexity index is 727. The number of rotatable bonds is 3. The van der Waals surface area contributed by atoms with E-state index in [-0.39, 0.29) is 18.0 Å². The monoisotopic (exact) mass is 382 g/mol. The molecule has 2 rings (SSSR count). The molecule has 1 atom stereocenters. The van der Waals surface area contributed by atoms with Crippen molar-refractivity contribution in [3.8, 4) is 0 Å². The van der Waals surface area contributed by atoms with Crippen LogP contribution >= 0.6 is 0 Å². The van der Waals surface area contributed by atoms with Crippen LogP contribution in [0.15, 0.2) is 35.3 Å². The minimum atomic E-state index is -3.61. The fourth-order valence-electron chi connectivity index (χ4n) is 2.98. The first-order valence-electron chi connectivity index (χ1n) is 8.97. The molecule has 0 aromatic carbocycles. The molecule has 146 valence electrons. The number of hydrogen-bond acceptors (Lipinski definition) is 4. The van der Waals surface area contributed by atoms with Gasteiger partial charge in [0.25, 0.3) is 0 Å². The summed E-state index contributed by atoms with van der Waals surface area (Å²) in [5.74, 6) is 0. The molecule has 1 aliphatic heterocycles. The van der Waals surface area contributed by atoms with Gasteiger partial charge in [0.2, 0.25) is 10.0 Å². The molecule has 1 amide bonds. The predicted molar refractivity (Wildman–Crippen MR) is 103 cm³/mol. The first kappa shape index (κ1) is 20.7. The molecule has 1 N–H and O–H groups in total. The second-order valence-corrected chi connectivity index (χ2v) is 10.4. The largest absolute Gasteiger partial charge is 0.444 e. The SMILES string of the molecule is CC1(C)C=CC=CC(S(=O)(=O)N2CCCC(NC(=O)OC(C)(C)C)C2)=C1. The number of allylic oxidation sites excluding steroid dienone is 5. The summed E-state index contributed by atoms with van der Waals surface area (Å²) in [6.07, 6.45) is 9.89. The van der Waals surface area contributed by atoms with Crippen LogP contribution in [0.2, 0.25) is 0 Å². The van der Waals surface area contributed by atoms with E-state index < -0.39 is 21.7 Å². The van der Waals surface area contributed by atoms with E-state index in [2.05, 4.69) is 5.32 Å². The Morgan fingerprint density at radius 3 is 2.65 bits per heavy atom. The first-order valence-corrected chi connectivity index (χ1v) is 10.4. The van der Waals surface area contributed by atoms with Crippen molar-refractivity contribution in [2.75, 3.05) is 13.1 Å². The number of carbonyl (C=O) groups is 1. The summed E-state index contributed by atoms with van der Waals surface area (Å²) in [6, 6.07) is -0.255. The average Bonchev–Trinajstić information content (AvgIpc) is 2.66. The molecule has 0 aromatic rings. The fourth-order valence-corrected chi connectivity index (χ4v) is 4.73. The second-order valence-electron chi connectivity index (χ2n) is 8.43. The standard InChI is InChI=1S/C19H30N2O4S/c1-18(2,3)25-17(22)20-15-9-8-12-21(14-15)26(23,24)16-10-6-7-11-19(4,5)13-16/h6-7,10-11,13,15H,8-9,12,14H2,1-5H3,(H,20,22). The Balaban J connectivity index is 2.11. The summed E-state index contributed by atoms with van der Waals surface area (Å²) in [4.78, 5) is 12.3. The van der Waals surface area contributed by atoms with Crippen molar-refractivity contribution < 1.29 is 17.9 Å². The lowest BCUT2D eigenvalue weighted by Crippen LogP contribution is -2.50. The van der Waals surface area contributed by atoms with Crippen LogP contribution in [-0.2, 0) is 14.8 Å². The van der Waals surface area contributed by atoms with Crippen LogP contribution in [0.5, 0.6) is 0 Å². The van der Waals surface area contributed by atoms with Crippen LogP contribution in [0.3, 0.4) is 0 Å². The molecule has 2 aliphatic rings. The Kier molecular flexibility index (Phi) is 6.02. The fraction of sp³-hybridized carbons (Fsp3) is 0.632. The molecule has 1 saturated heterocycles. The van der Waals surface area contributed by atoms with Gasteiger partial charge in [0.15, 0.2) is 0 Å². The summed E-state index contributed by atoms with van der Waals surface area (Å²) in [5, 5.41) is 2.79. The Labute approximate surface area is 157 Å². The molecular formula is C19H30N2O4S. The lowest BCUT2D eigenvalue weighted by molar-refractivity contribution is 0.0487. The molecule has 1 fully saturated rings. The van der Waals surface area contributed by atoms with Crippen LogP contribution in [-0.4, -0.2) is 43.5 Å². The number of amides is 1. The Morgan fingerprint density at radius 2 is 2.00 bits per heavy atom. The van der Waals surface area contributed by atoms with Crippen molar-refractivity contribution in [1.82, 2.24) is 9.62 Å². The number of piperidine rings is 1. The number of hydrogen-bond donors (Lipinski definition) is 1. The molecule has 0 aromatic heterocycles. The number of nitrogens with zero attached hydrogens (tertiary/aromatic N) is 1. The van der Waals surface area contributed by atoms with Gasteiger partial charge >= 0.3 is 6.09 Å². The van der Waals surface area contributed by atoms with E-state index in [1.54, 1.807) is 39.0 Å². The Morgan fingerprint density at radius 1 is 1.31 bits per heavy atom. The third-order valence-corrected chi connectivity index (χ3v) is 6.02. The van der Waals surface area contributed by atoms with Gasteiger partial charge in [0.1, 0.15) is 5.60 Å². The van der Waals surface area contributed by atoms with Gasteiger partial charge in [-0.15, -0.1) is 0 Å². The van der Waals surface area contributed by atoms with E-state index in [0.717, 1.165) is 6.42 Å². The number of nitrogens with one attached hydrogen (secondary N) is 1. The molecule has 1 unspecified atom stereocenters. The molecule has 26 heavy (non-hydrogen) atoms. The summed E-state index contributed by atoms with van der Waals surface area (Å²) in [7, 11) is -3.61. The molecule has 7 heteroatoms. The van der Waals surface area contributed by atoms with E-state index in [1.165, 1.54) is 4.31 Å². The zero-order chi connectivity index (χ0) is 19.6. The molecule has 1 heterocycles. The molecule has 0 radical (unpaired) electrons. The maximum Gasteiger partial charge on any atom is 0.407 e. The third kappa shape index (κ3) is 5.71. The van der Waals surface area contributed by atoms with Gasteiger partial charge in [-0.1, -0.05) is 38.2 Å². The zero-order valence-corrected chi connectivity index (χ0v) is 17.1. The highest BCUT2D eigenvalue weighted by atomic mass is 32.2. The number of sulfonamides is 1. The van der Waals surface area contributed by atoms with Gasteiger partial charge in [0.05, 0.1) is 4.91 Å². The second kappa shape index (κ2) is 7.56. The van der Waals surface area contributed by atoms with Crippen molar-refractivity contribution in [1.29, 1.82) is 0 Å². The third-order valence-electron chi connectivity index (χ3n) is 4.15. The number of carbonyl (C=O) groups excluding carboxylic acids is 1. The van der Waals surface area contributed by atoms with Crippen LogP contribution in [0, 0.1) is 5.41 Å². The van der Waals surface area contributed by atoms with E-state index >= 15 is 0 Å². The summed E-state index contributed by atoms with van der Waals surface area (Å²) < 4.78 is 32.9. The predicted octanol–water partition coefficient (Wildman–Crippen LogP) is 3.34. The molecule has 0 bridgehead atoms. The maximum atomic E-state index is 13.1. The van der Waals surface area contributed by atoms with Crippen LogP contribution in [0.1, 0.15) is 47.5 Å². The molecular weight excluding hydrogens is 352 g/mol. The summed E-state index contributed by atoms with van der Waals surface area (Å²) in [6.45, 7) is 10.0. The average molecular weight is 383 g/mol. The molecule has 6 nitrogen and oxygen atoms in total. The van der Waals surface area contributed by atoms with Gasteiger partial charge in [0, 0.05) is 24.5 Å². The van der Waals surface area contributed by atoms with Gasteiger partial charge in [-0.05, 0) is 39.7 Å². The van der Waals surface area contributed by atoms with Crippen molar-refractivity contribution in [2.45, 2.75) is 59.1 Å². The molecule has 0 saturated carbocycles. The highest BCUT2D eigenvalue weighted by molar-refractivity contribution is 7.93. The zero-order valence-electron chi connectivity index (χ0n) is 16.3. The quantitative estimate of drug-likeness (QED) is 0.812. The number of ether oxygens (including phenoxy) is 1. The van der Waals surface area contributed by atoms with Crippen LogP contribution < -0.4 is 5.32 Å². The van der Waals surface area contributed by atoms with Crippen molar-refractivity contribution in [3.63, 3.8) is 0 Å². The minimum absolute atomic E-state index is 0.251. The van der Waals surface area contributed by atoms with Crippen molar-refractivity contribution in [3.05, 3.63) is 35.3 Å². The highest BCUT2D eigenvalue weighted by Gasteiger charge is 2.33. The van der Waals surface area contributed by atoms with Crippen LogP contribution in [0.25, 0.3) is 0 Å². The van der Waals surface area contributed by atoms with Crippen molar-refractivity contribution in [2.24, 2.45) is 5.41 Å². The molecule has 1 aliphatic carbocycles. The van der Waals surface area contributed by atoms with Gasteiger partial charge in [-0.3, -0.25) is 0 Å². The normalized spacial score (nSPS) is 23.9. The highest BCUT2D eigenvalue weighted by Crippen LogP contribution is 2.29. The maximum absolute atomic E-state index is 13.1. The Hall–Kier alpha value is -1.60. The van der Waals surface area contributed by atoms with E-state index in [1.807, 2.05) is 26.0 Å². The van der Waals surface area contributed by atoms with Gasteiger partial charge < -0.3 is 10.1 Å². The molecule has 0 spiro atoms. The van der Waals surface area contributed by atoms with Crippen LogP contribution in [0.4, 0.5) is 4.79 Å².